The summed E-state index contributed by atoms with van der Waals surface area (Å²) in [6.07, 6.45) is 9.84. The number of unbranched alkanes of at least 4 members (excludes halogenated alkanes) is 2. The van der Waals surface area contributed by atoms with Crippen LogP contribution in [-0.4, -0.2) is 35.0 Å². The summed E-state index contributed by atoms with van der Waals surface area (Å²) in [4.78, 5) is 10.3. The molecular weight excluding hydrogens is 232 g/mol. The van der Waals surface area contributed by atoms with Crippen molar-refractivity contribution in [1.29, 1.82) is 0 Å². The molecule has 0 aromatic rings. The number of carboxylic acids is 1. The van der Waals surface area contributed by atoms with E-state index in [0.717, 1.165) is 32.1 Å². The Hall–Kier alpha value is -0.870. The normalized spacial score (nSPS) is 34.5. The van der Waals surface area contributed by atoms with E-state index in [2.05, 4.69) is 12.2 Å². The maximum atomic E-state index is 10.3. The lowest BCUT2D eigenvalue weighted by atomic mass is 9.79. The third-order valence-corrected chi connectivity index (χ3v) is 4.07. The first-order valence-corrected chi connectivity index (χ1v) is 6.87. The SMILES string of the molecule is O=C(O)CCCCC=C[C@H]1[C@H](CO)[C@@H]2CC[C@H]1O2. The number of hydrogen-bond acceptors (Lipinski definition) is 3. The van der Waals surface area contributed by atoms with Gasteiger partial charge in [-0.1, -0.05) is 12.2 Å². The summed E-state index contributed by atoms with van der Waals surface area (Å²) < 4.78 is 5.81. The highest BCUT2D eigenvalue weighted by atomic mass is 16.5. The largest absolute Gasteiger partial charge is 0.481 e. The maximum absolute atomic E-state index is 10.3. The van der Waals surface area contributed by atoms with Crippen LogP contribution in [0.5, 0.6) is 0 Å². The van der Waals surface area contributed by atoms with E-state index >= 15 is 0 Å². The first kappa shape index (κ1) is 13.6. The van der Waals surface area contributed by atoms with E-state index in [1.165, 1.54) is 0 Å². The van der Waals surface area contributed by atoms with Gasteiger partial charge in [-0.2, -0.15) is 0 Å². The van der Waals surface area contributed by atoms with E-state index in [1.54, 1.807) is 0 Å². The van der Waals surface area contributed by atoms with Crippen molar-refractivity contribution in [3.05, 3.63) is 12.2 Å². The van der Waals surface area contributed by atoms with Gasteiger partial charge in [-0.05, 0) is 32.1 Å². The molecule has 2 saturated heterocycles. The summed E-state index contributed by atoms with van der Waals surface area (Å²) in [5.74, 6) is -0.104. The molecule has 0 aromatic carbocycles. The second kappa shape index (κ2) is 6.34. The fourth-order valence-corrected chi connectivity index (χ4v) is 3.11. The number of ether oxygens (including phenoxy) is 1. The minimum Gasteiger partial charge on any atom is -0.481 e. The van der Waals surface area contributed by atoms with E-state index in [9.17, 15) is 9.90 Å². The van der Waals surface area contributed by atoms with Gasteiger partial charge >= 0.3 is 5.97 Å². The van der Waals surface area contributed by atoms with E-state index in [0.29, 0.717) is 12.0 Å². The molecule has 0 amide bonds. The Morgan fingerprint density at radius 2 is 2.06 bits per heavy atom. The minimum absolute atomic E-state index is 0.204. The van der Waals surface area contributed by atoms with Crippen molar-refractivity contribution in [3.63, 3.8) is 0 Å². The molecule has 0 radical (unpaired) electrons. The predicted octanol–water partition coefficient (Wildman–Crippen LogP) is 1.97. The second-order valence-electron chi connectivity index (χ2n) is 5.28. The Balaban J connectivity index is 1.70. The molecule has 0 unspecified atom stereocenters. The molecule has 2 N–H and O–H groups in total. The lowest BCUT2D eigenvalue weighted by Crippen LogP contribution is -2.28. The molecule has 0 spiro atoms. The van der Waals surface area contributed by atoms with Gasteiger partial charge in [0.2, 0.25) is 0 Å². The molecule has 2 fully saturated rings. The topological polar surface area (TPSA) is 66.8 Å². The molecule has 2 aliphatic heterocycles. The predicted molar refractivity (Wildman–Crippen MR) is 67.2 cm³/mol. The summed E-state index contributed by atoms with van der Waals surface area (Å²) >= 11 is 0. The molecule has 0 aliphatic carbocycles. The number of carbonyl (C=O) groups is 1. The molecule has 0 aromatic heterocycles. The van der Waals surface area contributed by atoms with Crippen LogP contribution in [0.15, 0.2) is 12.2 Å². The molecule has 4 atom stereocenters. The van der Waals surface area contributed by atoms with Gasteiger partial charge in [-0.25, -0.2) is 0 Å². The van der Waals surface area contributed by atoms with Crippen LogP contribution in [0.3, 0.4) is 0 Å². The van der Waals surface area contributed by atoms with Crippen molar-refractivity contribution in [3.8, 4) is 0 Å². The van der Waals surface area contributed by atoms with Crippen LogP contribution in [0.1, 0.15) is 38.5 Å². The zero-order chi connectivity index (χ0) is 13.0. The van der Waals surface area contributed by atoms with Crippen molar-refractivity contribution < 1.29 is 19.7 Å². The van der Waals surface area contributed by atoms with E-state index < -0.39 is 5.97 Å². The minimum atomic E-state index is -0.721. The van der Waals surface area contributed by atoms with Gasteiger partial charge in [0.05, 0.1) is 12.2 Å². The highest BCUT2D eigenvalue weighted by Crippen LogP contribution is 2.43. The van der Waals surface area contributed by atoms with Gasteiger partial charge in [0.1, 0.15) is 0 Å². The van der Waals surface area contributed by atoms with Crippen molar-refractivity contribution in [2.45, 2.75) is 50.7 Å². The summed E-state index contributed by atoms with van der Waals surface area (Å²) in [6, 6.07) is 0. The Morgan fingerprint density at radius 3 is 2.78 bits per heavy atom. The third kappa shape index (κ3) is 3.12. The molecule has 0 saturated carbocycles. The van der Waals surface area contributed by atoms with E-state index in [1.807, 2.05) is 0 Å². The van der Waals surface area contributed by atoms with Crippen LogP contribution in [-0.2, 0) is 9.53 Å². The van der Waals surface area contributed by atoms with Crippen molar-refractivity contribution in [2.24, 2.45) is 11.8 Å². The fourth-order valence-electron chi connectivity index (χ4n) is 3.11. The van der Waals surface area contributed by atoms with Crippen LogP contribution in [0.25, 0.3) is 0 Å². The first-order chi connectivity index (χ1) is 8.72. The number of fused-ring (bicyclic) bond motifs is 2. The Labute approximate surface area is 108 Å². The van der Waals surface area contributed by atoms with E-state index in [4.69, 9.17) is 9.84 Å². The molecule has 4 heteroatoms. The first-order valence-electron chi connectivity index (χ1n) is 6.87. The molecule has 102 valence electrons. The zero-order valence-electron chi connectivity index (χ0n) is 10.6. The van der Waals surface area contributed by atoms with Crippen LogP contribution in [0, 0.1) is 11.8 Å². The van der Waals surface area contributed by atoms with Gasteiger partial charge in [-0.15, -0.1) is 0 Å². The quantitative estimate of drug-likeness (QED) is 0.538. The standard InChI is InChI=1S/C14H22O4/c15-9-11-10(12-7-8-13(11)18-12)5-3-1-2-4-6-14(16)17/h3,5,10-13,15H,1-2,4,6-9H2,(H,16,17)/t10-,11-,12+,13-/m0/s1. The number of rotatable bonds is 7. The number of aliphatic hydroxyl groups excluding tert-OH is 1. The van der Waals surface area contributed by atoms with Gasteiger partial charge < -0.3 is 14.9 Å². The lowest BCUT2D eigenvalue weighted by Gasteiger charge is -2.23. The second-order valence-corrected chi connectivity index (χ2v) is 5.28. The van der Waals surface area contributed by atoms with Gasteiger partial charge in [0.15, 0.2) is 0 Å². The molecule has 2 heterocycles. The maximum Gasteiger partial charge on any atom is 0.303 e. The fraction of sp³-hybridized carbons (Fsp3) is 0.786. The summed E-state index contributed by atoms with van der Waals surface area (Å²) in [5.41, 5.74) is 0. The Morgan fingerprint density at radius 1 is 1.28 bits per heavy atom. The number of allylic oxidation sites excluding steroid dienone is 1. The summed E-state index contributed by atoms with van der Waals surface area (Å²) in [5, 5.41) is 17.9. The Kier molecular flexibility index (Phi) is 4.78. The average Bonchev–Trinajstić information content (AvgIpc) is 2.93. The summed E-state index contributed by atoms with van der Waals surface area (Å²) in [7, 11) is 0. The van der Waals surface area contributed by atoms with Crippen LogP contribution >= 0.6 is 0 Å². The highest BCUT2D eigenvalue weighted by Gasteiger charge is 2.47. The lowest BCUT2D eigenvalue weighted by molar-refractivity contribution is -0.137. The van der Waals surface area contributed by atoms with Crippen LogP contribution in [0.2, 0.25) is 0 Å². The molecule has 2 aliphatic rings. The summed E-state index contributed by atoms with van der Waals surface area (Å²) in [6.45, 7) is 0.204. The van der Waals surface area contributed by atoms with E-state index in [-0.39, 0.29) is 25.0 Å². The molecule has 4 nitrogen and oxygen atoms in total. The monoisotopic (exact) mass is 254 g/mol. The number of aliphatic hydroxyl groups is 1. The average molecular weight is 254 g/mol. The molecule has 2 rings (SSSR count). The smallest absolute Gasteiger partial charge is 0.303 e. The molecular formula is C14H22O4. The van der Waals surface area contributed by atoms with Gasteiger partial charge in [0.25, 0.3) is 0 Å². The number of carboxylic acid groups (broad SMARTS) is 1. The van der Waals surface area contributed by atoms with Crippen molar-refractivity contribution in [2.75, 3.05) is 6.61 Å². The third-order valence-electron chi connectivity index (χ3n) is 4.07. The molecule has 18 heavy (non-hydrogen) atoms. The van der Waals surface area contributed by atoms with Crippen LogP contribution < -0.4 is 0 Å². The molecule has 2 bridgehead atoms. The van der Waals surface area contributed by atoms with Crippen molar-refractivity contribution in [1.82, 2.24) is 0 Å². The Bertz CT molecular complexity index is 313. The zero-order valence-corrected chi connectivity index (χ0v) is 10.6. The van der Waals surface area contributed by atoms with Gasteiger partial charge in [0, 0.05) is 24.9 Å². The highest BCUT2D eigenvalue weighted by molar-refractivity contribution is 5.66. The number of hydrogen-bond donors (Lipinski definition) is 2. The van der Waals surface area contributed by atoms with Crippen LogP contribution in [0.4, 0.5) is 0 Å². The van der Waals surface area contributed by atoms with Gasteiger partial charge in [-0.3, -0.25) is 4.79 Å². The number of aliphatic carboxylic acids is 1. The van der Waals surface area contributed by atoms with Crippen molar-refractivity contribution >= 4 is 5.97 Å².